The summed E-state index contributed by atoms with van der Waals surface area (Å²) in [5.41, 5.74) is 1.50. The Hall–Kier alpha value is -1.41. The Morgan fingerprint density at radius 1 is 1.18 bits per heavy atom. The third-order valence-electron chi connectivity index (χ3n) is 2.89. The monoisotopic (exact) mass is 248 g/mol. The van der Waals surface area contributed by atoms with Crippen LogP contribution in [0.25, 0.3) is 0 Å². The van der Waals surface area contributed by atoms with Gasteiger partial charge in [-0.3, -0.25) is 9.59 Å². The molecule has 0 amide bonds. The van der Waals surface area contributed by atoms with Crippen LogP contribution in [-0.4, -0.2) is 11.6 Å². The first-order valence-electron chi connectivity index (χ1n) is 5.72. The van der Waals surface area contributed by atoms with E-state index in [1.165, 1.54) is 6.08 Å². The van der Waals surface area contributed by atoms with Crippen LogP contribution in [-0.2, 0) is 0 Å². The molecule has 0 N–H and O–H groups in total. The van der Waals surface area contributed by atoms with E-state index < -0.39 is 0 Å². The zero-order valence-electron chi connectivity index (χ0n) is 9.63. The van der Waals surface area contributed by atoms with Crippen molar-refractivity contribution in [3.63, 3.8) is 0 Å². The molecule has 0 unspecified atom stereocenters. The topological polar surface area (TPSA) is 34.1 Å². The number of hydrogen-bond donors (Lipinski definition) is 0. The molecule has 2 rings (SSSR count). The second-order valence-corrected chi connectivity index (χ2v) is 4.59. The minimum Gasteiger partial charge on any atom is -0.289 e. The summed E-state index contributed by atoms with van der Waals surface area (Å²) >= 11 is 5.86. The standard InChI is InChI=1S/C14H13ClO2/c1-2-3-4-9-7-13(16)11-6-5-10(15)8-12(11)14(9)17/h5-8H,2-4H2,1H3. The summed E-state index contributed by atoms with van der Waals surface area (Å²) in [5, 5.41) is 0.488. The fourth-order valence-electron chi connectivity index (χ4n) is 1.95. The number of unbranched alkanes of at least 4 members (excludes halogenated alkanes) is 1. The molecular weight excluding hydrogens is 236 g/mol. The Morgan fingerprint density at radius 2 is 1.94 bits per heavy atom. The molecule has 0 bridgehead atoms. The van der Waals surface area contributed by atoms with Crippen molar-refractivity contribution in [3.8, 4) is 0 Å². The molecular formula is C14H13ClO2. The fourth-order valence-corrected chi connectivity index (χ4v) is 2.12. The fraction of sp³-hybridized carbons (Fsp3) is 0.286. The number of fused-ring (bicyclic) bond motifs is 1. The number of halogens is 1. The maximum Gasteiger partial charge on any atom is 0.189 e. The molecule has 0 heterocycles. The number of allylic oxidation sites excluding steroid dienone is 2. The Morgan fingerprint density at radius 3 is 2.65 bits per heavy atom. The summed E-state index contributed by atoms with van der Waals surface area (Å²) in [6.07, 6.45) is 4.04. The average Bonchev–Trinajstić information content (AvgIpc) is 2.32. The van der Waals surface area contributed by atoms with Crippen LogP contribution in [0.2, 0.25) is 5.02 Å². The highest BCUT2D eigenvalue weighted by Crippen LogP contribution is 2.26. The lowest BCUT2D eigenvalue weighted by atomic mass is 9.87. The molecule has 0 radical (unpaired) electrons. The quantitative estimate of drug-likeness (QED) is 0.815. The van der Waals surface area contributed by atoms with Gasteiger partial charge in [0.1, 0.15) is 0 Å². The number of carbonyl (C=O) groups is 2. The molecule has 88 valence electrons. The molecule has 1 aliphatic rings. The minimum atomic E-state index is -0.0950. The lowest BCUT2D eigenvalue weighted by Crippen LogP contribution is -2.16. The van der Waals surface area contributed by atoms with Gasteiger partial charge in [-0.15, -0.1) is 0 Å². The van der Waals surface area contributed by atoms with E-state index in [1.807, 2.05) is 0 Å². The van der Waals surface area contributed by atoms with Gasteiger partial charge in [-0.05, 0) is 37.1 Å². The first kappa shape index (κ1) is 12.1. The highest BCUT2D eigenvalue weighted by molar-refractivity contribution is 6.32. The van der Waals surface area contributed by atoms with Gasteiger partial charge in [0.15, 0.2) is 11.6 Å². The van der Waals surface area contributed by atoms with Crippen molar-refractivity contribution in [1.29, 1.82) is 0 Å². The molecule has 0 aromatic heterocycles. The third-order valence-corrected chi connectivity index (χ3v) is 3.12. The Kier molecular flexibility index (Phi) is 3.43. The van der Waals surface area contributed by atoms with Gasteiger partial charge in [-0.1, -0.05) is 24.9 Å². The lowest BCUT2D eigenvalue weighted by Gasteiger charge is -2.14. The van der Waals surface area contributed by atoms with Gasteiger partial charge in [-0.2, -0.15) is 0 Å². The van der Waals surface area contributed by atoms with Crippen LogP contribution in [0, 0.1) is 0 Å². The van der Waals surface area contributed by atoms with E-state index in [1.54, 1.807) is 18.2 Å². The van der Waals surface area contributed by atoms with E-state index in [2.05, 4.69) is 6.92 Å². The van der Waals surface area contributed by atoms with Gasteiger partial charge in [0.05, 0.1) is 0 Å². The molecule has 17 heavy (non-hydrogen) atoms. The maximum absolute atomic E-state index is 12.1. The molecule has 1 aromatic carbocycles. The predicted octanol–water partition coefficient (Wildman–Crippen LogP) is 3.84. The molecule has 2 nitrogen and oxygen atoms in total. The zero-order chi connectivity index (χ0) is 12.4. The van der Waals surface area contributed by atoms with Crippen LogP contribution in [0.5, 0.6) is 0 Å². The number of carbonyl (C=O) groups excluding carboxylic acids is 2. The second-order valence-electron chi connectivity index (χ2n) is 4.16. The minimum absolute atomic E-state index is 0.0597. The lowest BCUT2D eigenvalue weighted by molar-refractivity contribution is 0.0981. The maximum atomic E-state index is 12.1. The van der Waals surface area contributed by atoms with Crippen LogP contribution in [0.4, 0.5) is 0 Å². The number of rotatable bonds is 3. The van der Waals surface area contributed by atoms with Crippen LogP contribution in [0.1, 0.15) is 46.9 Å². The first-order chi connectivity index (χ1) is 8.13. The van der Waals surface area contributed by atoms with Gasteiger partial charge in [-0.25, -0.2) is 0 Å². The number of hydrogen-bond acceptors (Lipinski definition) is 2. The number of Topliss-reactive ketones (excluding diaryl/α,β-unsaturated/α-hetero) is 1. The van der Waals surface area contributed by atoms with Gasteiger partial charge in [0, 0.05) is 21.7 Å². The van der Waals surface area contributed by atoms with E-state index >= 15 is 0 Å². The zero-order valence-corrected chi connectivity index (χ0v) is 10.4. The van der Waals surface area contributed by atoms with Crippen molar-refractivity contribution >= 4 is 23.2 Å². The van der Waals surface area contributed by atoms with Gasteiger partial charge in [0.2, 0.25) is 0 Å². The molecule has 1 aliphatic carbocycles. The van der Waals surface area contributed by atoms with Gasteiger partial charge in [0.25, 0.3) is 0 Å². The molecule has 0 saturated carbocycles. The summed E-state index contributed by atoms with van der Waals surface area (Å²) in [7, 11) is 0. The summed E-state index contributed by atoms with van der Waals surface area (Å²) in [5.74, 6) is -0.155. The van der Waals surface area contributed by atoms with Crippen molar-refractivity contribution in [3.05, 3.63) is 46.0 Å². The molecule has 0 spiro atoms. The Bertz CT molecular complexity index is 515. The van der Waals surface area contributed by atoms with E-state index in [9.17, 15) is 9.59 Å². The Labute approximate surface area is 105 Å². The summed E-state index contributed by atoms with van der Waals surface area (Å²) in [4.78, 5) is 24.0. The largest absolute Gasteiger partial charge is 0.289 e. The highest BCUT2D eigenvalue weighted by atomic mass is 35.5. The van der Waals surface area contributed by atoms with Crippen molar-refractivity contribution in [2.24, 2.45) is 0 Å². The highest BCUT2D eigenvalue weighted by Gasteiger charge is 2.24. The predicted molar refractivity (Wildman–Crippen MR) is 67.7 cm³/mol. The van der Waals surface area contributed by atoms with Crippen molar-refractivity contribution in [2.45, 2.75) is 26.2 Å². The molecule has 0 saturated heterocycles. The summed E-state index contributed by atoms with van der Waals surface area (Å²) < 4.78 is 0. The van der Waals surface area contributed by atoms with E-state index in [4.69, 9.17) is 11.6 Å². The molecule has 1 aromatic rings. The van der Waals surface area contributed by atoms with Gasteiger partial charge >= 0.3 is 0 Å². The van der Waals surface area contributed by atoms with Gasteiger partial charge < -0.3 is 0 Å². The number of ketones is 2. The van der Waals surface area contributed by atoms with Crippen LogP contribution >= 0.6 is 11.6 Å². The summed E-state index contributed by atoms with van der Waals surface area (Å²) in [6, 6.07) is 4.83. The molecule has 0 fully saturated rings. The van der Waals surface area contributed by atoms with E-state index in [0.717, 1.165) is 12.8 Å². The van der Waals surface area contributed by atoms with Crippen LogP contribution in [0.3, 0.4) is 0 Å². The molecule has 0 atom stereocenters. The normalized spacial score (nSPS) is 14.6. The van der Waals surface area contributed by atoms with E-state index in [-0.39, 0.29) is 11.6 Å². The van der Waals surface area contributed by atoms with Crippen molar-refractivity contribution in [1.82, 2.24) is 0 Å². The molecule has 3 heteroatoms. The van der Waals surface area contributed by atoms with Crippen LogP contribution in [0.15, 0.2) is 29.8 Å². The first-order valence-corrected chi connectivity index (χ1v) is 6.10. The van der Waals surface area contributed by atoms with E-state index in [0.29, 0.717) is 28.1 Å². The van der Waals surface area contributed by atoms with Crippen molar-refractivity contribution in [2.75, 3.05) is 0 Å². The number of benzene rings is 1. The summed E-state index contributed by atoms with van der Waals surface area (Å²) in [6.45, 7) is 2.06. The van der Waals surface area contributed by atoms with Crippen molar-refractivity contribution < 1.29 is 9.59 Å². The smallest absolute Gasteiger partial charge is 0.189 e. The van der Waals surface area contributed by atoms with Crippen LogP contribution < -0.4 is 0 Å². The molecule has 0 aliphatic heterocycles. The second kappa shape index (κ2) is 4.84. The third kappa shape index (κ3) is 2.32. The Balaban J connectivity index is 2.40. The SMILES string of the molecule is CCCCC1=CC(=O)c2ccc(Cl)cc2C1=O. The average molecular weight is 249 g/mol.